The number of carbonyl (C=O) groups is 2. The molecule has 2 aliphatic rings. The second-order valence-electron chi connectivity index (χ2n) is 6.40. The van der Waals surface area contributed by atoms with Crippen molar-refractivity contribution in [2.45, 2.75) is 24.7 Å². The van der Waals surface area contributed by atoms with E-state index in [2.05, 4.69) is 33.4 Å². The zero-order chi connectivity index (χ0) is 16.4. The van der Waals surface area contributed by atoms with E-state index in [0.29, 0.717) is 26.2 Å². The van der Waals surface area contributed by atoms with Gasteiger partial charge < -0.3 is 15.2 Å². The van der Waals surface area contributed by atoms with E-state index < -0.39 is 11.9 Å². The van der Waals surface area contributed by atoms with Crippen LogP contribution >= 0.6 is 15.9 Å². The van der Waals surface area contributed by atoms with E-state index in [9.17, 15) is 9.59 Å². The van der Waals surface area contributed by atoms with Crippen LogP contribution in [0.3, 0.4) is 0 Å². The molecule has 0 spiro atoms. The van der Waals surface area contributed by atoms with Crippen molar-refractivity contribution in [2.75, 3.05) is 19.8 Å². The summed E-state index contributed by atoms with van der Waals surface area (Å²) in [5, 5.41) is 11.9. The highest BCUT2D eigenvalue weighted by Gasteiger charge is 2.48. The lowest BCUT2D eigenvalue weighted by Gasteiger charge is -2.38. The summed E-state index contributed by atoms with van der Waals surface area (Å²) in [6.07, 6.45) is 2.15. The van der Waals surface area contributed by atoms with Crippen LogP contribution in [-0.2, 0) is 19.7 Å². The zero-order valence-corrected chi connectivity index (χ0v) is 14.3. The van der Waals surface area contributed by atoms with Crippen molar-refractivity contribution in [3.63, 3.8) is 0 Å². The standard InChI is InChI=1S/C17H20BrNO4/c18-12-3-1-11(2-4-12)17(5-7-23-8-6-17)10-19-15(20)13-9-14(13)16(21)22/h1-4,13-14H,5-10H2,(H,19,20)(H,21,22). The van der Waals surface area contributed by atoms with E-state index >= 15 is 0 Å². The molecule has 5 nitrogen and oxygen atoms in total. The third-order valence-electron chi connectivity index (χ3n) is 4.95. The lowest BCUT2D eigenvalue weighted by molar-refractivity contribution is -0.140. The minimum Gasteiger partial charge on any atom is -0.481 e. The number of aliphatic carboxylic acids is 1. The number of nitrogens with one attached hydrogen (secondary N) is 1. The van der Waals surface area contributed by atoms with Gasteiger partial charge in [-0.1, -0.05) is 28.1 Å². The summed E-state index contributed by atoms with van der Waals surface area (Å²) in [4.78, 5) is 23.1. The van der Waals surface area contributed by atoms with Gasteiger partial charge in [-0.25, -0.2) is 0 Å². The summed E-state index contributed by atoms with van der Waals surface area (Å²) in [6, 6.07) is 8.18. The Morgan fingerprint density at radius 2 is 1.87 bits per heavy atom. The third-order valence-corrected chi connectivity index (χ3v) is 5.48. The Morgan fingerprint density at radius 3 is 2.43 bits per heavy atom. The molecular formula is C17H20BrNO4. The number of carboxylic acid groups (broad SMARTS) is 1. The van der Waals surface area contributed by atoms with Crippen LogP contribution < -0.4 is 5.32 Å². The van der Waals surface area contributed by atoms with Gasteiger partial charge >= 0.3 is 5.97 Å². The largest absolute Gasteiger partial charge is 0.481 e. The summed E-state index contributed by atoms with van der Waals surface area (Å²) < 4.78 is 6.51. The molecule has 2 atom stereocenters. The van der Waals surface area contributed by atoms with Crippen LogP contribution in [0.5, 0.6) is 0 Å². The van der Waals surface area contributed by atoms with Gasteiger partial charge in [0.1, 0.15) is 0 Å². The molecule has 0 radical (unpaired) electrons. The maximum Gasteiger partial charge on any atom is 0.307 e. The van der Waals surface area contributed by atoms with Crippen LogP contribution in [-0.4, -0.2) is 36.7 Å². The Bertz CT molecular complexity index is 595. The molecule has 1 aromatic rings. The highest BCUT2D eigenvalue weighted by molar-refractivity contribution is 9.10. The Kier molecular flexibility index (Phi) is 4.73. The lowest BCUT2D eigenvalue weighted by atomic mass is 9.74. The number of rotatable bonds is 5. The maximum atomic E-state index is 12.2. The molecule has 1 heterocycles. The van der Waals surface area contributed by atoms with Crippen molar-refractivity contribution in [3.8, 4) is 0 Å². The quantitative estimate of drug-likeness (QED) is 0.820. The molecule has 6 heteroatoms. The molecule has 2 N–H and O–H groups in total. The van der Waals surface area contributed by atoms with Crippen molar-refractivity contribution in [3.05, 3.63) is 34.3 Å². The van der Waals surface area contributed by atoms with Crippen LogP contribution in [0.2, 0.25) is 0 Å². The smallest absolute Gasteiger partial charge is 0.307 e. The highest BCUT2D eigenvalue weighted by Crippen LogP contribution is 2.39. The summed E-state index contributed by atoms with van der Waals surface area (Å²) in [5.41, 5.74) is 1.05. The van der Waals surface area contributed by atoms with E-state index in [1.54, 1.807) is 0 Å². The highest BCUT2D eigenvalue weighted by atomic mass is 79.9. The molecule has 1 aliphatic heterocycles. The number of amides is 1. The van der Waals surface area contributed by atoms with E-state index in [0.717, 1.165) is 17.3 Å². The molecule has 0 aromatic heterocycles. The summed E-state index contributed by atoms with van der Waals surface area (Å²) >= 11 is 3.45. The van der Waals surface area contributed by atoms with Crippen LogP contribution in [0.15, 0.2) is 28.7 Å². The maximum absolute atomic E-state index is 12.2. The topological polar surface area (TPSA) is 75.6 Å². The molecule has 124 valence electrons. The molecule has 3 rings (SSSR count). The first kappa shape index (κ1) is 16.5. The van der Waals surface area contributed by atoms with Crippen LogP contribution in [0, 0.1) is 11.8 Å². The van der Waals surface area contributed by atoms with Crippen LogP contribution in [0.1, 0.15) is 24.8 Å². The minimum absolute atomic E-state index is 0.137. The second kappa shape index (κ2) is 6.61. The van der Waals surface area contributed by atoms with Gasteiger partial charge in [0.05, 0.1) is 11.8 Å². The first-order chi connectivity index (χ1) is 11.0. The Labute approximate surface area is 143 Å². The molecule has 1 saturated carbocycles. The summed E-state index contributed by atoms with van der Waals surface area (Å²) in [5.74, 6) is -1.89. The molecule has 1 aromatic carbocycles. The first-order valence-corrected chi connectivity index (χ1v) is 8.65. The molecule has 2 fully saturated rings. The summed E-state index contributed by atoms with van der Waals surface area (Å²) in [6.45, 7) is 1.87. The van der Waals surface area contributed by atoms with Crippen molar-refractivity contribution in [1.29, 1.82) is 0 Å². The number of halogens is 1. The Balaban J connectivity index is 1.69. The fraction of sp³-hybridized carbons (Fsp3) is 0.529. The Morgan fingerprint density at radius 1 is 1.22 bits per heavy atom. The van der Waals surface area contributed by atoms with Crippen molar-refractivity contribution < 1.29 is 19.4 Å². The van der Waals surface area contributed by atoms with E-state index in [1.165, 1.54) is 5.56 Å². The van der Waals surface area contributed by atoms with Gasteiger partial charge in [-0.05, 0) is 37.0 Å². The van der Waals surface area contributed by atoms with Gasteiger partial charge in [-0.2, -0.15) is 0 Å². The van der Waals surface area contributed by atoms with Gasteiger partial charge in [0.25, 0.3) is 0 Å². The number of carbonyl (C=O) groups excluding carboxylic acids is 1. The van der Waals surface area contributed by atoms with Gasteiger partial charge in [-0.3, -0.25) is 9.59 Å². The first-order valence-electron chi connectivity index (χ1n) is 7.86. The molecule has 2 unspecified atom stereocenters. The predicted molar refractivity (Wildman–Crippen MR) is 88.1 cm³/mol. The molecule has 1 amide bonds. The third kappa shape index (κ3) is 3.58. The average Bonchev–Trinajstić information content (AvgIpc) is 3.35. The van der Waals surface area contributed by atoms with E-state index in [-0.39, 0.29) is 17.2 Å². The second-order valence-corrected chi connectivity index (χ2v) is 7.32. The van der Waals surface area contributed by atoms with E-state index in [1.807, 2.05) is 12.1 Å². The molecule has 1 saturated heterocycles. The van der Waals surface area contributed by atoms with Gasteiger partial charge in [-0.15, -0.1) is 0 Å². The molecule has 1 aliphatic carbocycles. The van der Waals surface area contributed by atoms with Gasteiger partial charge in [0.2, 0.25) is 5.91 Å². The SMILES string of the molecule is O=C(O)C1CC1C(=O)NCC1(c2ccc(Br)cc2)CCOCC1. The normalized spacial score (nSPS) is 25.6. The van der Waals surface area contributed by atoms with Crippen molar-refractivity contribution >= 4 is 27.8 Å². The fourth-order valence-corrected chi connectivity index (χ4v) is 3.54. The number of carboxylic acids is 1. The number of ether oxygens (including phenoxy) is 1. The van der Waals surface area contributed by atoms with E-state index in [4.69, 9.17) is 9.84 Å². The average molecular weight is 382 g/mol. The molecule has 23 heavy (non-hydrogen) atoms. The Hall–Kier alpha value is -1.40. The molecular weight excluding hydrogens is 362 g/mol. The monoisotopic (exact) mass is 381 g/mol. The van der Waals surface area contributed by atoms with Crippen LogP contribution in [0.4, 0.5) is 0 Å². The molecule has 0 bridgehead atoms. The minimum atomic E-state index is -0.876. The number of benzene rings is 1. The van der Waals surface area contributed by atoms with Crippen molar-refractivity contribution in [2.24, 2.45) is 11.8 Å². The van der Waals surface area contributed by atoms with Crippen LogP contribution in [0.25, 0.3) is 0 Å². The number of hydrogen-bond donors (Lipinski definition) is 2. The summed E-state index contributed by atoms with van der Waals surface area (Å²) in [7, 11) is 0. The zero-order valence-electron chi connectivity index (χ0n) is 12.8. The number of hydrogen-bond acceptors (Lipinski definition) is 3. The fourth-order valence-electron chi connectivity index (χ4n) is 3.28. The lowest BCUT2D eigenvalue weighted by Crippen LogP contribution is -2.45. The van der Waals surface area contributed by atoms with Crippen molar-refractivity contribution in [1.82, 2.24) is 5.32 Å². The van der Waals surface area contributed by atoms with Gasteiger partial charge in [0.15, 0.2) is 0 Å². The predicted octanol–water partition coefficient (Wildman–Crippen LogP) is 2.33. The van der Waals surface area contributed by atoms with Gasteiger partial charge in [0, 0.05) is 29.6 Å².